The molecule has 6 nitrogen and oxygen atoms in total. The first-order valence-corrected chi connectivity index (χ1v) is 8.51. The van der Waals surface area contributed by atoms with Gasteiger partial charge < -0.3 is 29.5 Å². The number of benzene rings is 2. The second-order valence-electron chi connectivity index (χ2n) is 6.58. The third-order valence-corrected chi connectivity index (χ3v) is 4.91. The van der Waals surface area contributed by atoms with Crippen molar-refractivity contribution >= 4 is 0 Å². The zero-order chi connectivity index (χ0) is 18.7. The summed E-state index contributed by atoms with van der Waals surface area (Å²) in [6.45, 7) is 0.986. The number of hydrogen-bond acceptors (Lipinski definition) is 6. The van der Waals surface area contributed by atoms with E-state index in [1.807, 2.05) is 0 Å². The monoisotopic (exact) mass is 360 g/mol. The molecule has 2 aromatic carbocycles. The Hall–Kier alpha value is -2.44. The van der Waals surface area contributed by atoms with Gasteiger partial charge in [-0.05, 0) is 47.7 Å². The molecule has 0 radical (unpaired) electrons. The third kappa shape index (κ3) is 3.86. The molecule has 0 bridgehead atoms. The Morgan fingerprint density at radius 1 is 1.00 bits per heavy atom. The standard InChI is InChI=1S/C20H24O6/c1-24-15-7-13(8-16(9-15)25-2)20(23)17-11-26-10-14(17)5-12-3-4-18(21)19(22)6-12/h3-4,6-9,14,17,20-23H,5,10-11H2,1-2H3. The molecule has 3 rings (SSSR count). The molecule has 0 saturated carbocycles. The normalized spacial score (nSPS) is 20.7. The molecule has 0 aliphatic carbocycles. The molecular formula is C20H24O6. The van der Waals surface area contributed by atoms with Crippen LogP contribution < -0.4 is 9.47 Å². The van der Waals surface area contributed by atoms with Gasteiger partial charge in [-0.15, -0.1) is 0 Å². The van der Waals surface area contributed by atoms with Crippen molar-refractivity contribution < 1.29 is 29.5 Å². The van der Waals surface area contributed by atoms with Crippen LogP contribution in [0.15, 0.2) is 36.4 Å². The molecule has 1 saturated heterocycles. The van der Waals surface area contributed by atoms with Gasteiger partial charge in [-0.3, -0.25) is 0 Å². The van der Waals surface area contributed by atoms with E-state index in [1.54, 1.807) is 44.6 Å². The van der Waals surface area contributed by atoms with Crippen molar-refractivity contribution in [2.75, 3.05) is 27.4 Å². The van der Waals surface area contributed by atoms with Gasteiger partial charge in [0.2, 0.25) is 0 Å². The summed E-state index contributed by atoms with van der Waals surface area (Å²) in [7, 11) is 3.15. The van der Waals surface area contributed by atoms with Crippen molar-refractivity contribution in [2.45, 2.75) is 12.5 Å². The van der Waals surface area contributed by atoms with Crippen molar-refractivity contribution in [1.29, 1.82) is 0 Å². The Bertz CT molecular complexity index is 738. The minimum absolute atomic E-state index is 0.0890. The Balaban J connectivity index is 1.79. The molecule has 3 N–H and O–H groups in total. The predicted molar refractivity (Wildman–Crippen MR) is 95.8 cm³/mol. The van der Waals surface area contributed by atoms with Crippen LogP contribution in [0.4, 0.5) is 0 Å². The van der Waals surface area contributed by atoms with Crippen molar-refractivity contribution in [1.82, 2.24) is 0 Å². The van der Waals surface area contributed by atoms with Crippen LogP contribution in [-0.2, 0) is 11.2 Å². The van der Waals surface area contributed by atoms with Crippen molar-refractivity contribution in [2.24, 2.45) is 11.8 Å². The molecule has 0 spiro atoms. The molecule has 0 amide bonds. The van der Waals surface area contributed by atoms with Crippen molar-refractivity contribution in [3.8, 4) is 23.0 Å². The molecule has 3 atom stereocenters. The summed E-state index contributed by atoms with van der Waals surface area (Å²) in [5.41, 5.74) is 1.60. The number of aliphatic hydroxyl groups excluding tert-OH is 1. The van der Waals surface area contributed by atoms with Crippen LogP contribution >= 0.6 is 0 Å². The van der Waals surface area contributed by atoms with Gasteiger partial charge in [-0.2, -0.15) is 0 Å². The van der Waals surface area contributed by atoms with E-state index in [4.69, 9.17) is 14.2 Å². The highest BCUT2D eigenvalue weighted by molar-refractivity contribution is 5.41. The van der Waals surface area contributed by atoms with E-state index in [2.05, 4.69) is 0 Å². The summed E-state index contributed by atoms with van der Waals surface area (Å²) in [6.07, 6.45) is -0.0892. The van der Waals surface area contributed by atoms with E-state index >= 15 is 0 Å². The first-order chi connectivity index (χ1) is 12.5. The number of rotatable bonds is 6. The van der Waals surface area contributed by atoms with Gasteiger partial charge in [0, 0.05) is 12.0 Å². The average molecular weight is 360 g/mol. The molecule has 1 heterocycles. The largest absolute Gasteiger partial charge is 0.504 e. The summed E-state index contributed by atoms with van der Waals surface area (Å²) >= 11 is 0. The maximum absolute atomic E-state index is 10.9. The molecule has 1 fully saturated rings. The van der Waals surface area contributed by atoms with E-state index in [1.165, 1.54) is 6.07 Å². The van der Waals surface area contributed by atoms with E-state index in [0.29, 0.717) is 31.1 Å². The highest BCUT2D eigenvalue weighted by Crippen LogP contribution is 2.38. The van der Waals surface area contributed by atoms with Gasteiger partial charge in [0.05, 0.1) is 33.5 Å². The fourth-order valence-corrected chi connectivity index (χ4v) is 3.42. The van der Waals surface area contributed by atoms with E-state index in [9.17, 15) is 15.3 Å². The fourth-order valence-electron chi connectivity index (χ4n) is 3.42. The number of phenols is 2. The summed E-state index contributed by atoms with van der Waals surface area (Å²) in [5.74, 6) is 0.955. The summed E-state index contributed by atoms with van der Waals surface area (Å²) in [5, 5.41) is 30.1. The molecule has 1 aliphatic heterocycles. The first kappa shape index (κ1) is 18.4. The number of aromatic hydroxyl groups is 2. The summed E-state index contributed by atoms with van der Waals surface area (Å²) in [6, 6.07) is 10.2. The molecule has 26 heavy (non-hydrogen) atoms. The maximum Gasteiger partial charge on any atom is 0.157 e. The van der Waals surface area contributed by atoms with Gasteiger partial charge in [0.15, 0.2) is 11.5 Å². The van der Waals surface area contributed by atoms with Gasteiger partial charge in [-0.25, -0.2) is 0 Å². The second-order valence-corrected chi connectivity index (χ2v) is 6.58. The second kappa shape index (κ2) is 7.85. The highest BCUT2D eigenvalue weighted by Gasteiger charge is 2.35. The molecule has 140 valence electrons. The summed E-state index contributed by atoms with van der Waals surface area (Å²) in [4.78, 5) is 0. The zero-order valence-corrected chi connectivity index (χ0v) is 14.9. The van der Waals surface area contributed by atoms with E-state index in [-0.39, 0.29) is 23.3 Å². The zero-order valence-electron chi connectivity index (χ0n) is 14.9. The lowest BCUT2D eigenvalue weighted by Crippen LogP contribution is -2.22. The predicted octanol–water partition coefficient (Wildman–Crippen LogP) is 2.65. The van der Waals surface area contributed by atoms with Crippen LogP contribution in [0.3, 0.4) is 0 Å². The lowest BCUT2D eigenvalue weighted by atomic mass is 9.83. The molecule has 1 aliphatic rings. The maximum atomic E-state index is 10.9. The number of aliphatic hydroxyl groups is 1. The lowest BCUT2D eigenvalue weighted by Gasteiger charge is -2.24. The van der Waals surface area contributed by atoms with Crippen LogP contribution in [-0.4, -0.2) is 42.8 Å². The van der Waals surface area contributed by atoms with Crippen LogP contribution in [0.2, 0.25) is 0 Å². The molecule has 3 unspecified atom stereocenters. The topological polar surface area (TPSA) is 88.4 Å². The smallest absolute Gasteiger partial charge is 0.157 e. The van der Waals surface area contributed by atoms with Gasteiger partial charge in [0.25, 0.3) is 0 Å². The van der Waals surface area contributed by atoms with Crippen LogP contribution in [0.5, 0.6) is 23.0 Å². The fraction of sp³-hybridized carbons (Fsp3) is 0.400. The number of hydrogen-bond donors (Lipinski definition) is 3. The van der Waals surface area contributed by atoms with Gasteiger partial charge in [-0.1, -0.05) is 6.07 Å². The first-order valence-electron chi connectivity index (χ1n) is 8.51. The quantitative estimate of drug-likeness (QED) is 0.687. The molecule has 2 aromatic rings. The number of ether oxygens (including phenoxy) is 3. The van der Waals surface area contributed by atoms with Crippen molar-refractivity contribution in [3.63, 3.8) is 0 Å². The highest BCUT2D eigenvalue weighted by atomic mass is 16.5. The minimum Gasteiger partial charge on any atom is -0.504 e. The molecular weight excluding hydrogens is 336 g/mol. The lowest BCUT2D eigenvalue weighted by molar-refractivity contribution is 0.0808. The molecule has 0 aromatic heterocycles. The number of phenolic OH excluding ortho intramolecular Hbond substituents is 2. The van der Waals surface area contributed by atoms with Gasteiger partial charge >= 0.3 is 0 Å². The Kier molecular flexibility index (Phi) is 5.54. The number of methoxy groups -OCH3 is 2. The Labute approximate surface area is 152 Å². The minimum atomic E-state index is -0.725. The van der Waals surface area contributed by atoms with Gasteiger partial charge in [0.1, 0.15) is 11.5 Å². The Morgan fingerprint density at radius 3 is 2.31 bits per heavy atom. The summed E-state index contributed by atoms with van der Waals surface area (Å²) < 4.78 is 16.2. The van der Waals surface area contributed by atoms with Crippen LogP contribution in [0.1, 0.15) is 17.2 Å². The van der Waals surface area contributed by atoms with E-state index in [0.717, 1.165) is 11.1 Å². The van der Waals surface area contributed by atoms with Crippen LogP contribution in [0, 0.1) is 11.8 Å². The van der Waals surface area contributed by atoms with Crippen LogP contribution in [0.25, 0.3) is 0 Å². The molecule has 6 heteroatoms. The third-order valence-electron chi connectivity index (χ3n) is 4.91. The van der Waals surface area contributed by atoms with Crippen molar-refractivity contribution in [3.05, 3.63) is 47.5 Å². The average Bonchev–Trinajstić information content (AvgIpc) is 3.11. The van der Waals surface area contributed by atoms with E-state index < -0.39 is 6.10 Å². The Morgan fingerprint density at radius 2 is 1.69 bits per heavy atom. The SMILES string of the molecule is COc1cc(OC)cc(C(O)C2COCC2Cc2ccc(O)c(O)c2)c1.